The maximum absolute atomic E-state index is 12.2. The summed E-state index contributed by atoms with van der Waals surface area (Å²) in [6.45, 7) is 5.43. The summed E-state index contributed by atoms with van der Waals surface area (Å²) < 4.78 is 11.1. The first-order chi connectivity index (χ1) is 9.24. The number of hydrogen-bond acceptors (Lipinski definition) is 3. The van der Waals surface area contributed by atoms with Gasteiger partial charge in [0, 0.05) is 25.4 Å². The summed E-state index contributed by atoms with van der Waals surface area (Å²) in [6.07, 6.45) is 5.43. The number of carbonyl (C=O) groups excluding carboxylic acids is 1. The van der Waals surface area contributed by atoms with E-state index in [2.05, 4.69) is 6.92 Å². The van der Waals surface area contributed by atoms with Crippen molar-refractivity contribution in [2.45, 2.75) is 45.3 Å². The number of hydrogen-bond donors (Lipinski definition) is 0. The van der Waals surface area contributed by atoms with Crippen molar-refractivity contribution in [3.63, 3.8) is 0 Å². The van der Waals surface area contributed by atoms with Crippen molar-refractivity contribution < 1.29 is 14.3 Å². The monoisotopic (exact) mass is 267 g/mol. The zero-order valence-electron chi connectivity index (χ0n) is 11.8. The van der Waals surface area contributed by atoms with E-state index >= 15 is 0 Å². The molecular weight excluding hydrogens is 242 g/mol. The fourth-order valence-electron chi connectivity index (χ4n) is 3.31. The third-order valence-corrected chi connectivity index (χ3v) is 4.85. The maximum Gasteiger partial charge on any atom is 0.222 e. The number of piperidine rings is 1. The molecule has 2 aliphatic heterocycles. The van der Waals surface area contributed by atoms with Crippen molar-refractivity contribution >= 4 is 5.91 Å². The van der Waals surface area contributed by atoms with Crippen molar-refractivity contribution in [2.75, 3.05) is 26.3 Å². The van der Waals surface area contributed by atoms with Crippen LogP contribution in [0.4, 0.5) is 0 Å². The minimum absolute atomic E-state index is 0.0114. The van der Waals surface area contributed by atoms with Crippen LogP contribution in [0, 0.1) is 17.8 Å². The standard InChI is InChI=1S/C15H25NO3/c1-11(12-2-3-12)10-14(17)16-6-4-13(5-7-16)15-18-8-9-19-15/h11-13,15H,2-10H2,1H3. The smallest absolute Gasteiger partial charge is 0.222 e. The highest BCUT2D eigenvalue weighted by molar-refractivity contribution is 5.76. The van der Waals surface area contributed by atoms with E-state index in [0.717, 1.165) is 51.5 Å². The Bertz CT molecular complexity index is 315. The molecule has 2 saturated heterocycles. The second-order valence-corrected chi connectivity index (χ2v) is 6.35. The van der Waals surface area contributed by atoms with Crippen LogP contribution < -0.4 is 0 Å². The molecule has 4 heteroatoms. The molecule has 3 aliphatic rings. The number of nitrogens with zero attached hydrogens (tertiary/aromatic N) is 1. The van der Waals surface area contributed by atoms with E-state index in [4.69, 9.17) is 9.47 Å². The molecule has 108 valence electrons. The van der Waals surface area contributed by atoms with Gasteiger partial charge in [-0.3, -0.25) is 4.79 Å². The average molecular weight is 267 g/mol. The molecule has 19 heavy (non-hydrogen) atoms. The molecule has 0 aromatic carbocycles. The Hall–Kier alpha value is -0.610. The molecule has 1 unspecified atom stereocenters. The van der Waals surface area contributed by atoms with Gasteiger partial charge in [0.2, 0.25) is 5.91 Å². The van der Waals surface area contributed by atoms with E-state index in [-0.39, 0.29) is 6.29 Å². The van der Waals surface area contributed by atoms with Crippen LogP contribution in [0.15, 0.2) is 0 Å². The van der Waals surface area contributed by atoms with Crippen molar-refractivity contribution in [3.05, 3.63) is 0 Å². The number of ether oxygens (including phenoxy) is 2. The number of likely N-dealkylation sites (tertiary alicyclic amines) is 1. The molecule has 2 heterocycles. The third-order valence-electron chi connectivity index (χ3n) is 4.85. The lowest BCUT2D eigenvalue weighted by Gasteiger charge is -2.34. The van der Waals surface area contributed by atoms with Crippen molar-refractivity contribution in [3.8, 4) is 0 Å². The molecule has 3 fully saturated rings. The largest absolute Gasteiger partial charge is 0.350 e. The average Bonchev–Trinajstić information content (AvgIpc) is 3.14. The molecule has 4 nitrogen and oxygen atoms in total. The summed E-state index contributed by atoms with van der Waals surface area (Å²) in [5, 5.41) is 0. The van der Waals surface area contributed by atoms with Crippen LogP contribution in [0.3, 0.4) is 0 Å². The van der Waals surface area contributed by atoms with Gasteiger partial charge in [-0.05, 0) is 37.5 Å². The Kier molecular flexibility index (Phi) is 4.08. The highest BCUT2D eigenvalue weighted by atomic mass is 16.7. The predicted molar refractivity (Wildman–Crippen MR) is 71.5 cm³/mol. The minimum atomic E-state index is -0.0114. The van der Waals surface area contributed by atoms with Crippen LogP contribution in [0.25, 0.3) is 0 Å². The molecule has 3 rings (SSSR count). The Morgan fingerprint density at radius 3 is 2.37 bits per heavy atom. The van der Waals surface area contributed by atoms with Gasteiger partial charge in [-0.25, -0.2) is 0 Å². The van der Waals surface area contributed by atoms with E-state index in [9.17, 15) is 4.79 Å². The zero-order chi connectivity index (χ0) is 13.2. The zero-order valence-corrected chi connectivity index (χ0v) is 11.8. The van der Waals surface area contributed by atoms with E-state index in [1.54, 1.807) is 0 Å². The second-order valence-electron chi connectivity index (χ2n) is 6.35. The van der Waals surface area contributed by atoms with Gasteiger partial charge < -0.3 is 14.4 Å². The molecule has 1 atom stereocenters. The van der Waals surface area contributed by atoms with Crippen LogP contribution in [0.2, 0.25) is 0 Å². The lowest BCUT2D eigenvalue weighted by atomic mass is 9.95. The van der Waals surface area contributed by atoms with Crippen molar-refractivity contribution in [1.29, 1.82) is 0 Å². The normalized spacial score (nSPS) is 27.7. The first-order valence-electron chi connectivity index (χ1n) is 7.75. The van der Waals surface area contributed by atoms with Crippen molar-refractivity contribution in [1.82, 2.24) is 4.90 Å². The molecule has 0 spiro atoms. The lowest BCUT2D eigenvalue weighted by Crippen LogP contribution is -2.42. The van der Waals surface area contributed by atoms with Crippen LogP contribution >= 0.6 is 0 Å². The van der Waals surface area contributed by atoms with E-state index in [1.807, 2.05) is 4.90 Å². The number of carbonyl (C=O) groups is 1. The SMILES string of the molecule is CC(CC(=O)N1CCC(C2OCCO2)CC1)C1CC1. The van der Waals surface area contributed by atoms with Gasteiger partial charge in [0.25, 0.3) is 0 Å². The summed E-state index contributed by atoms with van der Waals surface area (Å²) in [5.41, 5.74) is 0. The summed E-state index contributed by atoms with van der Waals surface area (Å²) in [4.78, 5) is 14.3. The third kappa shape index (κ3) is 3.29. The molecule has 1 amide bonds. The first-order valence-corrected chi connectivity index (χ1v) is 7.75. The molecular formula is C15H25NO3. The lowest BCUT2D eigenvalue weighted by molar-refractivity contribution is -0.137. The molecule has 0 bridgehead atoms. The second kappa shape index (κ2) is 5.80. The molecule has 0 aromatic rings. The highest BCUT2D eigenvalue weighted by Crippen LogP contribution is 2.38. The van der Waals surface area contributed by atoms with Gasteiger partial charge in [0.05, 0.1) is 13.2 Å². The highest BCUT2D eigenvalue weighted by Gasteiger charge is 2.34. The van der Waals surface area contributed by atoms with Gasteiger partial charge in [-0.2, -0.15) is 0 Å². The Labute approximate surface area is 115 Å². The van der Waals surface area contributed by atoms with Crippen LogP contribution in [-0.2, 0) is 14.3 Å². The van der Waals surface area contributed by atoms with E-state index in [1.165, 1.54) is 12.8 Å². The molecule has 0 N–H and O–H groups in total. The quantitative estimate of drug-likeness (QED) is 0.782. The number of amides is 1. The fraction of sp³-hybridized carbons (Fsp3) is 0.933. The van der Waals surface area contributed by atoms with Gasteiger partial charge >= 0.3 is 0 Å². The molecule has 0 aromatic heterocycles. The summed E-state index contributed by atoms with van der Waals surface area (Å²) >= 11 is 0. The Morgan fingerprint density at radius 2 is 1.79 bits per heavy atom. The predicted octanol–water partition coefficient (Wildman–Crippen LogP) is 2.03. The van der Waals surface area contributed by atoms with Crippen molar-refractivity contribution in [2.24, 2.45) is 17.8 Å². The van der Waals surface area contributed by atoms with E-state index in [0.29, 0.717) is 17.7 Å². The Balaban J connectivity index is 1.42. The molecule has 1 saturated carbocycles. The minimum Gasteiger partial charge on any atom is -0.350 e. The van der Waals surface area contributed by atoms with Crippen LogP contribution in [0.1, 0.15) is 39.0 Å². The van der Waals surface area contributed by atoms with Gasteiger partial charge in [0.15, 0.2) is 6.29 Å². The number of rotatable bonds is 4. The van der Waals surface area contributed by atoms with Gasteiger partial charge in [0.1, 0.15) is 0 Å². The van der Waals surface area contributed by atoms with E-state index < -0.39 is 0 Å². The summed E-state index contributed by atoms with van der Waals surface area (Å²) in [7, 11) is 0. The Morgan fingerprint density at radius 1 is 1.16 bits per heavy atom. The summed E-state index contributed by atoms with van der Waals surface area (Å²) in [5.74, 6) is 2.23. The maximum atomic E-state index is 12.2. The first kappa shape index (κ1) is 13.4. The summed E-state index contributed by atoms with van der Waals surface area (Å²) in [6, 6.07) is 0. The van der Waals surface area contributed by atoms with Gasteiger partial charge in [-0.1, -0.05) is 6.92 Å². The molecule has 1 aliphatic carbocycles. The molecule has 0 radical (unpaired) electrons. The van der Waals surface area contributed by atoms with Crippen LogP contribution in [-0.4, -0.2) is 43.4 Å². The van der Waals surface area contributed by atoms with Gasteiger partial charge in [-0.15, -0.1) is 0 Å². The van der Waals surface area contributed by atoms with Crippen LogP contribution in [0.5, 0.6) is 0 Å². The topological polar surface area (TPSA) is 38.8 Å². The fourth-order valence-corrected chi connectivity index (χ4v) is 3.31.